The van der Waals surface area contributed by atoms with Gasteiger partial charge in [0, 0.05) is 0 Å². The first-order chi connectivity index (χ1) is 9.86. The van der Waals surface area contributed by atoms with Crippen LogP contribution in [-0.4, -0.2) is 6.29 Å². The highest BCUT2D eigenvalue weighted by Crippen LogP contribution is 2.44. The van der Waals surface area contributed by atoms with E-state index in [4.69, 9.17) is 0 Å². The average Bonchev–Trinajstić information content (AvgIpc) is 2.37. The van der Waals surface area contributed by atoms with Crippen LogP contribution in [0.25, 0.3) is 0 Å². The Labute approximate surface area is 130 Å². The summed E-state index contributed by atoms with van der Waals surface area (Å²) in [6.45, 7) is 11.2. The van der Waals surface area contributed by atoms with E-state index in [0.29, 0.717) is 11.3 Å². The van der Waals surface area contributed by atoms with Gasteiger partial charge in [-0.05, 0) is 49.2 Å². The predicted octanol–water partition coefficient (Wildman–Crippen LogP) is 5.65. The van der Waals surface area contributed by atoms with E-state index in [1.165, 1.54) is 24.8 Å². The molecular formula is C20H30O. The van der Waals surface area contributed by atoms with E-state index < -0.39 is 0 Å². The van der Waals surface area contributed by atoms with Crippen molar-refractivity contribution in [1.82, 2.24) is 0 Å². The lowest BCUT2D eigenvalue weighted by Gasteiger charge is -2.41. The quantitative estimate of drug-likeness (QED) is 0.362. The molecule has 0 heterocycles. The molecule has 0 aliphatic heterocycles. The largest absolute Gasteiger partial charge is 0.299 e. The van der Waals surface area contributed by atoms with Gasteiger partial charge >= 0.3 is 0 Å². The van der Waals surface area contributed by atoms with E-state index in [-0.39, 0.29) is 0 Å². The zero-order valence-electron chi connectivity index (χ0n) is 14.2. The van der Waals surface area contributed by atoms with Crippen molar-refractivity contribution in [3.63, 3.8) is 0 Å². The number of aldehydes is 1. The smallest absolute Gasteiger partial charge is 0.143 e. The van der Waals surface area contributed by atoms with Crippen LogP contribution < -0.4 is 0 Å². The standard InChI is InChI=1S/C20H30O/c1-16(8-6-9-17(2)13-15-21)11-12-19-18(3)10-7-14-20(19,4)5/h6,8-9,11-13,15,18-19H,7,10,14H2,1-5H3/b9-6+,12-11+,16-8-,17-13-. The molecule has 0 saturated heterocycles. The zero-order chi connectivity index (χ0) is 15.9. The van der Waals surface area contributed by atoms with Crippen LogP contribution in [-0.2, 0) is 4.79 Å². The van der Waals surface area contributed by atoms with Gasteiger partial charge < -0.3 is 0 Å². The number of rotatable bonds is 5. The van der Waals surface area contributed by atoms with Crippen LogP contribution in [0.1, 0.15) is 53.9 Å². The number of carbonyl (C=O) groups excluding carboxylic acids is 1. The second-order valence-corrected chi connectivity index (χ2v) is 7.06. The number of hydrogen-bond donors (Lipinski definition) is 0. The average molecular weight is 286 g/mol. The molecule has 1 saturated carbocycles. The van der Waals surface area contributed by atoms with Crippen molar-refractivity contribution in [2.24, 2.45) is 17.3 Å². The summed E-state index contributed by atoms with van der Waals surface area (Å²) in [5.41, 5.74) is 2.63. The molecule has 2 atom stereocenters. The van der Waals surface area contributed by atoms with Gasteiger partial charge in [0.15, 0.2) is 0 Å². The fraction of sp³-hybridized carbons (Fsp3) is 0.550. The summed E-state index contributed by atoms with van der Waals surface area (Å²) in [7, 11) is 0. The molecule has 0 aromatic rings. The minimum Gasteiger partial charge on any atom is -0.299 e. The van der Waals surface area contributed by atoms with Crippen molar-refractivity contribution >= 4 is 6.29 Å². The van der Waals surface area contributed by atoms with Gasteiger partial charge in [-0.1, -0.05) is 69.6 Å². The Morgan fingerprint density at radius 1 is 1.10 bits per heavy atom. The van der Waals surface area contributed by atoms with Crippen molar-refractivity contribution in [3.8, 4) is 0 Å². The monoisotopic (exact) mass is 286 g/mol. The molecule has 0 spiro atoms. The summed E-state index contributed by atoms with van der Waals surface area (Å²) in [5, 5.41) is 0. The molecule has 1 fully saturated rings. The predicted molar refractivity (Wildman–Crippen MR) is 92.1 cm³/mol. The van der Waals surface area contributed by atoms with E-state index in [0.717, 1.165) is 17.8 Å². The molecule has 1 nitrogen and oxygen atoms in total. The second kappa shape index (κ2) is 8.17. The zero-order valence-corrected chi connectivity index (χ0v) is 14.2. The van der Waals surface area contributed by atoms with Crippen molar-refractivity contribution in [2.75, 3.05) is 0 Å². The number of hydrogen-bond acceptors (Lipinski definition) is 1. The van der Waals surface area contributed by atoms with Crippen LogP contribution in [0, 0.1) is 17.3 Å². The first-order valence-electron chi connectivity index (χ1n) is 8.02. The minimum absolute atomic E-state index is 0.410. The first-order valence-corrected chi connectivity index (χ1v) is 8.02. The molecule has 1 heteroatoms. The summed E-state index contributed by atoms with van der Waals surface area (Å²) in [6.07, 6.45) is 17.1. The molecule has 1 rings (SSSR count). The van der Waals surface area contributed by atoms with Gasteiger partial charge in [-0.2, -0.15) is 0 Å². The van der Waals surface area contributed by atoms with Crippen LogP contribution in [0.5, 0.6) is 0 Å². The SMILES string of the molecule is CC(=C/C=O)/C=C/C=C(C)\C=C\C1C(C)CCCC1(C)C. The topological polar surface area (TPSA) is 17.1 Å². The Morgan fingerprint density at radius 2 is 1.76 bits per heavy atom. The van der Waals surface area contributed by atoms with E-state index in [1.54, 1.807) is 6.08 Å². The van der Waals surface area contributed by atoms with E-state index in [9.17, 15) is 4.79 Å². The van der Waals surface area contributed by atoms with Gasteiger partial charge in [0.2, 0.25) is 0 Å². The van der Waals surface area contributed by atoms with Gasteiger partial charge in [-0.15, -0.1) is 0 Å². The lowest BCUT2D eigenvalue weighted by atomic mass is 9.64. The summed E-state index contributed by atoms with van der Waals surface area (Å²) >= 11 is 0. The third-order valence-corrected chi connectivity index (χ3v) is 4.61. The van der Waals surface area contributed by atoms with Crippen molar-refractivity contribution < 1.29 is 4.79 Å². The second-order valence-electron chi connectivity index (χ2n) is 7.06. The lowest BCUT2D eigenvalue weighted by Crippen LogP contribution is -2.32. The Kier molecular flexibility index (Phi) is 6.87. The molecule has 1 aliphatic carbocycles. The first kappa shape index (κ1) is 17.7. The molecule has 116 valence electrons. The maximum absolute atomic E-state index is 10.3. The fourth-order valence-corrected chi connectivity index (χ4v) is 3.27. The fourth-order valence-electron chi connectivity index (χ4n) is 3.27. The highest BCUT2D eigenvalue weighted by molar-refractivity contribution is 5.66. The Hall–Kier alpha value is -1.37. The van der Waals surface area contributed by atoms with Crippen molar-refractivity contribution in [2.45, 2.75) is 53.9 Å². The molecule has 0 aromatic heterocycles. The third kappa shape index (κ3) is 5.87. The summed E-state index contributed by atoms with van der Waals surface area (Å²) in [4.78, 5) is 10.3. The highest BCUT2D eigenvalue weighted by Gasteiger charge is 2.34. The van der Waals surface area contributed by atoms with Crippen LogP contribution in [0.2, 0.25) is 0 Å². The summed E-state index contributed by atoms with van der Waals surface area (Å²) in [5.74, 6) is 1.43. The normalized spacial score (nSPS) is 27.5. The maximum Gasteiger partial charge on any atom is 0.143 e. The van der Waals surface area contributed by atoms with Crippen LogP contribution in [0.15, 0.2) is 47.6 Å². The van der Waals surface area contributed by atoms with Crippen molar-refractivity contribution in [3.05, 3.63) is 47.6 Å². The number of allylic oxidation sites excluding steroid dienone is 8. The molecule has 0 N–H and O–H groups in total. The van der Waals surface area contributed by atoms with E-state index in [1.807, 2.05) is 19.1 Å². The summed E-state index contributed by atoms with van der Waals surface area (Å²) < 4.78 is 0. The molecule has 0 bridgehead atoms. The molecule has 0 aromatic carbocycles. The van der Waals surface area contributed by atoms with Gasteiger partial charge in [0.1, 0.15) is 6.29 Å². The molecular weight excluding hydrogens is 256 g/mol. The molecule has 21 heavy (non-hydrogen) atoms. The van der Waals surface area contributed by atoms with Crippen LogP contribution in [0.3, 0.4) is 0 Å². The molecule has 0 radical (unpaired) electrons. The van der Waals surface area contributed by atoms with Crippen molar-refractivity contribution in [1.29, 1.82) is 0 Å². The highest BCUT2D eigenvalue weighted by atomic mass is 16.1. The van der Waals surface area contributed by atoms with Gasteiger partial charge in [-0.25, -0.2) is 0 Å². The third-order valence-electron chi connectivity index (χ3n) is 4.61. The molecule has 2 unspecified atom stereocenters. The van der Waals surface area contributed by atoms with Crippen LogP contribution >= 0.6 is 0 Å². The Morgan fingerprint density at radius 3 is 2.38 bits per heavy atom. The van der Waals surface area contributed by atoms with Gasteiger partial charge in [0.25, 0.3) is 0 Å². The lowest BCUT2D eigenvalue weighted by molar-refractivity contribution is -0.104. The Balaban J connectivity index is 2.70. The summed E-state index contributed by atoms with van der Waals surface area (Å²) in [6, 6.07) is 0. The molecule has 1 aliphatic rings. The minimum atomic E-state index is 0.410. The number of carbonyl (C=O) groups is 1. The molecule has 0 amide bonds. The Bertz CT molecular complexity index is 460. The van der Waals surface area contributed by atoms with Crippen LogP contribution in [0.4, 0.5) is 0 Å². The van der Waals surface area contributed by atoms with E-state index >= 15 is 0 Å². The van der Waals surface area contributed by atoms with Gasteiger partial charge in [-0.3, -0.25) is 4.79 Å². The van der Waals surface area contributed by atoms with E-state index in [2.05, 4.69) is 45.9 Å². The maximum atomic E-state index is 10.3. The van der Waals surface area contributed by atoms with Gasteiger partial charge in [0.05, 0.1) is 0 Å².